The molecular formula is C13H19N3O. The lowest BCUT2D eigenvalue weighted by Crippen LogP contribution is -2.42. The quantitative estimate of drug-likeness (QED) is 0.802. The molecule has 1 fully saturated rings. The molecule has 1 heterocycles. The maximum Gasteiger partial charge on any atom is 0.237 e. The van der Waals surface area contributed by atoms with Crippen LogP contribution in [0.1, 0.15) is 31.0 Å². The van der Waals surface area contributed by atoms with E-state index in [1.165, 1.54) is 0 Å². The van der Waals surface area contributed by atoms with Gasteiger partial charge in [-0.05, 0) is 38.3 Å². The zero-order valence-corrected chi connectivity index (χ0v) is 10.4. The van der Waals surface area contributed by atoms with Crippen molar-refractivity contribution in [3.05, 3.63) is 29.6 Å². The number of pyridine rings is 1. The zero-order valence-electron chi connectivity index (χ0n) is 10.4. The monoisotopic (exact) mass is 233 g/mol. The Kier molecular flexibility index (Phi) is 3.74. The normalized spacial score (nSPS) is 16.6. The topological polar surface area (TPSA) is 54.0 Å². The van der Waals surface area contributed by atoms with E-state index in [1.54, 1.807) is 0 Å². The van der Waals surface area contributed by atoms with Gasteiger partial charge in [0.15, 0.2) is 0 Å². The number of hydrogen-bond donors (Lipinski definition) is 2. The maximum absolute atomic E-state index is 11.7. The van der Waals surface area contributed by atoms with Crippen LogP contribution in [0.3, 0.4) is 0 Å². The Labute approximate surface area is 102 Å². The summed E-state index contributed by atoms with van der Waals surface area (Å²) in [6.45, 7) is 4.52. The molecule has 0 radical (unpaired) electrons. The standard InChI is InChI=1S/C13H19N3O/c1-9-3-4-12(15-7-9)8-14-10(2)13(17)16-11-5-6-11/h3-4,7,10-11,14H,5-6,8H2,1-2H3,(H,16,17). The molecule has 4 nitrogen and oxygen atoms in total. The van der Waals surface area contributed by atoms with E-state index in [9.17, 15) is 4.79 Å². The summed E-state index contributed by atoms with van der Waals surface area (Å²) in [6, 6.07) is 4.26. The van der Waals surface area contributed by atoms with Crippen molar-refractivity contribution < 1.29 is 4.79 Å². The molecule has 1 unspecified atom stereocenters. The van der Waals surface area contributed by atoms with Crippen LogP contribution in [0.2, 0.25) is 0 Å². The van der Waals surface area contributed by atoms with Crippen molar-refractivity contribution in [1.29, 1.82) is 0 Å². The SMILES string of the molecule is Cc1ccc(CNC(C)C(=O)NC2CC2)nc1. The van der Waals surface area contributed by atoms with E-state index in [1.807, 2.05) is 32.2 Å². The number of aryl methyl sites for hydroxylation is 1. The van der Waals surface area contributed by atoms with Gasteiger partial charge in [0.1, 0.15) is 0 Å². The molecule has 1 aromatic heterocycles. The molecule has 2 rings (SSSR count). The molecule has 2 N–H and O–H groups in total. The van der Waals surface area contributed by atoms with Gasteiger partial charge in [0.25, 0.3) is 0 Å². The van der Waals surface area contributed by atoms with Crippen LogP contribution in [0.25, 0.3) is 0 Å². The summed E-state index contributed by atoms with van der Waals surface area (Å²) in [7, 11) is 0. The van der Waals surface area contributed by atoms with Crippen LogP contribution in [0.15, 0.2) is 18.3 Å². The van der Waals surface area contributed by atoms with Gasteiger partial charge in [0, 0.05) is 18.8 Å². The number of aromatic nitrogens is 1. The van der Waals surface area contributed by atoms with Crippen LogP contribution >= 0.6 is 0 Å². The number of carbonyl (C=O) groups excluding carboxylic acids is 1. The molecule has 0 aromatic carbocycles. The summed E-state index contributed by atoms with van der Waals surface area (Å²) >= 11 is 0. The van der Waals surface area contributed by atoms with Crippen LogP contribution in [0.4, 0.5) is 0 Å². The number of carbonyl (C=O) groups is 1. The van der Waals surface area contributed by atoms with Crippen molar-refractivity contribution in [3.63, 3.8) is 0 Å². The Morgan fingerprint density at radius 3 is 2.88 bits per heavy atom. The predicted molar refractivity (Wildman–Crippen MR) is 66.4 cm³/mol. The summed E-state index contributed by atoms with van der Waals surface area (Å²) in [4.78, 5) is 16.0. The van der Waals surface area contributed by atoms with Crippen LogP contribution in [0.5, 0.6) is 0 Å². The molecule has 1 saturated carbocycles. The Balaban J connectivity index is 1.76. The molecular weight excluding hydrogens is 214 g/mol. The van der Waals surface area contributed by atoms with Crippen molar-refractivity contribution in [2.24, 2.45) is 0 Å². The number of rotatable bonds is 5. The molecule has 1 aromatic rings. The third-order valence-corrected chi connectivity index (χ3v) is 2.88. The van der Waals surface area contributed by atoms with Gasteiger partial charge in [-0.3, -0.25) is 9.78 Å². The van der Waals surface area contributed by atoms with E-state index >= 15 is 0 Å². The molecule has 4 heteroatoms. The molecule has 1 amide bonds. The first-order chi connectivity index (χ1) is 8.15. The minimum Gasteiger partial charge on any atom is -0.352 e. The van der Waals surface area contributed by atoms with Gasteiger partial charge < -0.3 is 10.6 Å². The predicted octanol–water partition coefficient (Wildman–Crippen LogP) is 1.15. The van der Waals surface area contributed by atoms with Crippen LogP contribution in [0, 0.1) is 6.92 Å². The van der Waals surface area contributed by atoms with Crippen molar-refractivity contribution in [2.45, 2.75) is 45.3 Å². The first-order valence-corrected chi connectivity index (χ1v) is 6.10. The third kappa shape index (κ3) is 3.82. The molecule has 1 aliphatic rings. The largest absolute Gasteiger partial charge is 0.352 e. The van der Waals surface area contributed by atoms with Gasteiger partial charge in [0.2, 0.25) is 5.91 Å². The second-order valence-corrected chi connectivity index (χ2v) is 4.71. The zero-order chi connectivity index (χ0) is 12.3. The fourth-order valence-corrected chi connectivity index (χ4v) is 1.51. The lowest BCUT2D eigenvalue weighted by Gasteiger charge is -2.13. The van der Waals surface area contributed by atoms with E-state index < -0.39 is 0 Å². The Bertz CT molecular complexity index is 384. The average Bonchev–Trinajstić information content (AvgIpc) is 3.11. The summed E-state index contributed by atoms with van der Waals surface area (Å²) < 4.78 is 0. The van der Waals surface area contributed by atoms with Gasteiger partial charge in [-0.2, -0.15) is 0 Å². The second-order valence-electron chi connectivity index (χ2n) is 4.71. The summed E-state index contributed by atoms with van der Waals surface area (Å²) in [5.41, 5.74) is 2.11. The van der Waals surface area contributed by atoms with E-state index in [-0.39, 0.29) is 11.9 Å². The van der Waals surface area contributed by atoms with Crippen molar-refractivity contribution in [2.75, 3.05) is 0 Å². The average molecular weight is 233 g/mol. The number of hydrogen-bond acceptors (Lipinski definition) is 3. The number of amides is 1. The molecule has 1 atom stereocenters. The fourth-order valence-electron chi connectivity index (χ4n) is 1.51. The first-order valence-electron chi connectivity index (χ1n) is 6.10. The highest BCUT2D eigenvalue weighted by Gasteiger charge is 2.25. The Morgan fingerprint density at radius 2 is 2.29 bits per heavy atom. The molecule has 17 heavy (non-hydrogen) atoms. The van der Waals surface area contributed by atoms with Gasteiger partial charge >= 0.3 is 0 Å². The molecule has 0 bridgehead atoms. The highest BCUT2D eigenvalue weighted by molar-refractivity contribution is 5.81. The maximum atomic E-state index is 11.7. The van der Waals surface area contributed by atoms with Crippen molar-refractivity contribution >= 4 is 5.91 Å². The minimum atomic E-state index is -0.168. The van der Waals surface area contributed by atoms with Crippen LogP contribution < -0.4 is 10.6 Å². The minimum absolute atomic E-state index is 0.0830. The second kappa shape index (κ2) is 5.27. The molecule has 0 spiro atoms. The van der Waals surface area contributed by atoms with E-state index in [4.69, 9.17) is 0 Å². The summed E-state index contributed by atoms with van der Waals surface area (Å²) in [5, 5.41) is 6.15. The highest BCUT2D eigenvalue weighted by atomic mass is 16.2. The van der Waals surface area contributed by atoms with E-state index in [2.05, 4.69) is 15.6 Å². The van der Waals surface area contributed by atoms with E-state index in [0.29, 0.717) is 12.6 Å². The fraction of sp³-hybridized carbons (Fsp3) is 0.538. The van der Waals surface area contributed by atoms with Gasteiger partial charge in [-0.1, -0.05) is 6.07 Å². The van der Waals surface area contributed by atoms with Crippen molar-refractivity contribution in [1.82, 2.24) is 15.6 Å². The highest BCUT2D eigenvalue weighted by Crippen LogP contribution is 2.18. The Morgan fingerprint density at radius 1 is 1.53 bits per heavy atom. The summed E-state index contributed by atoms with van der Waals surface area (Å²) in [5.74, 6) is 0.0830. The smallest absolute Gasteiger partial charge is 0.237 e. The third-order valence-electron chi connectivity index (χ3n) is 2.88. The van der Waals surface area contributed by atoms with Gasteiger partial charge in [0.05, 0.1) is 11.7 Å². The first kappa shape index (κ1) is 12.0. The molecule has 92 valence electrons. The van der Waals surface area contributed by atoms with Crippen LogP contribution in [-0.2, 0) is 11.3 Å². The summed E-state index contributed by atoms with van der Waals surface area (Å²) in [6.07, 6.45) is 4.09. The van der Waals surface area contributed by atoms with E-state index in [0.717, 1.165) is 24.1 Å². The molecule has 1 aliphatic carbocycles. The van der Waals surface area contributed by atoms with Gasteiger partial charge in [-0.25, -0.2) is 0 Å². The van der Waals surface area contributed by atoms with Crippen LogP contribution in [-0.4, -0.2) is 23.0 Å². The molecule has 0 aliphatic heterocycles. The Hall–Kier alpha value is -1.42. The molecule has 0 saturated heterocycles. The number of nitrogens with one attached hydrogen (secondary N) is 2. The number of nitrogens with zero attached hydrogens (tertiary/aromatic N) is 1. The van der Waals surface area contributed by atoms with Crippen molar-refractivity contribution in [3.8, 4) is 0 Å². The lowest BCUT2D eigenvalue weighted by molar-refractivity contribution is -0.122. The van der Waals surface area contributed by atoms with Gasteiger partial charge in [-0.15, -0.1) is 0 Å². The lowest BCUT2D eigenvalue weighted by atomic mass is 10.2.